The molecule has 3 saturated carbocycles. The van der Waals surface area contributed by atoms with Crippen LogP contribution < -0.4 is 0 Å². The van der Waals surface area contributed by atoms with Gasteiger partial charge in [0.2, 0.25) is 6.08 Å². The fourth-order valence-electron chi connectivity index (χ4n) is 3.43. The van der Waals surface area contributed by atoms with Gasteiger partial charge in [-0.05, 0) is 36.5 Å². The van der Waals surface area contributed by atoms with Gasteiger partial charge in [-0.25, -0.2) is 4.79 Å². The van der Waals surface area contributed by atoms with Gasteiger partial charge in [0.05, 0.1) is 5.54 Å². The van der Waals surface area contributed by atoms with Crippen molar-refractivity contribution in [3.63, 3.8) is 0 Å². The average molecular weight is 179 g/mol. The molecule has 0 saturated heterocycles. The molecule has 0 aliphatic heterocycles. The van der Waals surface area contributed by atoms with E-state index in [-0.39, 0.29) is 11.0 Å². The summed E-state index contributed by atoms with van der Waals surface area (Å²) < 4.78 is 0. The quantitative estimate of drug-likeness (QED) is 0.449. The van der Waals surface area contributed by atoms with Crippen LogP contribution in [0.5, 0.6) is 0 Å². The van der Waals surface area contributed by atoms with E-state index in [2.05, 4.69) is 25.8 Å². The lowest BCUT2D eigenvalue weighted by Gasteiger charge is -2.65. The number of hydrogen-bond acceptors (Lipinski definition) is 2. The first-order valence-corrected chi connectivity index (χ1v) is 5.12. The Hall–Kier alpha value is -0.620. The van der Waals surface area contributed by atoms with Gasteiger partial charge in [0, 0.05) is 0 Å². The summed E-state index contributed by atoms with van der Waals surface area (Å²) in [6.45, 7) is 6.81. The van der Waals surface area contributed by atoms with E-state index in [1.807, 2.05) is 0 Å². The average Bonchev–Trinajstić information content (AvgIpc) is 2.08. The molecule has 0 unspecified atom stereocenters. The molecule has 0 spiro atoms. The Morgan fingerprint density at radius 2 is 2.15 bits per heavy atom. The first-order valence-electron chi connectivity index (χ1n) is 5.12. The van der Waals surface area contributed by atoms with Crippen molar-refractivity contribution in [3.8, 4) is 0 Å². The molecule has 0 N–H and O–H groups in total. The van der Waals surface area contributed by atoms with Crippen LogP contribution in [0.15, 0.2) is 4.99 Å². The highest BCUT2D eigenvalue weighted by Crippen LogP contribution is 2.65. The van der Waals surface area contributed by atoms with Crippen LogP contribution in [0.2, 0.25) is 0 Å². The van der Waals surface area contributed by atoms with Crippen LogP contribution in [-0.2, 0) is 4.79 Å². The van der Waals surface area contributed by atoms with Gasteiger partial charge in [-0.3, -0.25) is 0 Å². The van der Waals surface area contributed by atoms with E-state index < -0.39 is 0 Å². The van der Waals surface area contributed by atoms with Crippen molar-refractivity contribution in [2.45, 2.75) is 45.6 Å². The van der Waals surface area contributed by atoms with Crippen molar-refractivity contribution >= 4 is 6.08 Å². The van der Waals surface area contributed by atoms with Crippen LogP contribution in [0.3, 0.4) is 0 Å². The minimum atomic E-state index is -0.0497. The van der Waals surface area contributed by atoms with Crippen LogP contribution in [-0.4, -0.2) is 11.6 Å². The van der Waals surface area contributed by atoms with Gasteiger partial charge in [-0.1, -0.05) is 20.8 Å². The third-order valence-corrected chi connectivity index (χ3v) is 4.64. The maximum atomic E-state index is 10.4. The van der Waals surface area contributed by atoms with E-state index in [4.69, 9.17) is 0 Å². The van der Waals surface area contributed by atoms with Gasteiger partial charge < -0.3 is 0 Å². The van der Waals surface area contributed by atoms with Gasteiger partial charge in [-0.15, -0.1) is 0 Å². The minimum absolute atomic E-state index is 0.0497. The SMILES string of the molecule is C[C@H]1CC[C@@]2(N=C=O)C[C@@H]1C2(C)C. The second-order valence-electron chi connectivity index (χ2n) is 5.28. The number of hydrogen-bond donors (Lipinski definition) is 0. The normalized spacial score (nSPS) is 46.1. The third-order valence-electron chi connectivity index (χ3n) is 4.64. The van der Waals surface area contributed by atoms with Gasteiger partial charge in [0.15, 0.2) is 0 Å². The van der Waals surface area contributed by atoms with Gasteiger partial charge in [-0.2, -0.15) is 4.99 Å². The molecule has 0 aromatic carbocycles. The monoisotopic (exact) mass is 179 g/mol. The number of isocyanates is 1. The maximum absolute atomic E-state index is 10.4. The molecule has 13 heavy (non-hydrogen) atoms. The van der Waals surface area contributed by atoms with Crippen LogP contribution >= 0.6 is 0 Å². The van der Waals surface area contributed by atoms with Crippen molar-refractivity contribution < 1.29 is 4.79 Å². The highest BCUT2D eigenvalue weighted by molar-refractivity contribution is 5.37. The van der Waals surface area contributed by atoms with Crippen LogP contribution in [0.4, 0.5) is 0 Å². The summed E-state index contributed by atoms with van der Waals surface area (Å²) >= 11 is 0. The summed E-state index contributed by atoms with van der Waals surface area (Å²) in [6, 6.07) is 0. The lowest BCUT2D eigenvalue weighted by atomic mass is 9.42. The molecule has 0 aromatic heterocycles. The number of rotatable bonds is 1. The van der Waals surface area contributed by atoms with E-state index in [9.17, 15) is 4.79 Å². The number of nitrogens with zero attached hydrogens (tertiary/aromatic N) is 1. The molecular weight excluding hydrogens is 162 g/mol. The predicted octanol–water partition coefficient (Wildman–Crippen LogP) is 2.54. The molecule has 2 nitrogen and oxygen atoms in total. The van der Waals surface area contributed by atoms with Crippen molar-refractivity contribution in [1.82, 2.24) is 0 Å². The third kappa shape index (κ3) is 0.899. The van der Waals surface area contributed by atoms with Crippen molar-refractivity contribution in [2.24, 2.45) is 22.2 Å². The Bertz CT molecular complexity index is 274. The van der Waals surface area contributed by atoms with E-state index in [0.717, 1.165) is 24.7 Å². The summed E-state index contributed by atoms with van der Waals surface area (Å²) in [6.07, 6.45) is 5.17. The Kier molecular flexibility index (Phi) is 1.69. The van der Waals surface area contributed by atoms with Crippen LogP contribution in [0.1, 0.15) is 40.0 Å². The molecule has 0 aromatic rings. The first-order chi connectivity index (χ1) is 6.03. The smallest absolute Gasteiger partial charge is 0.211 e. The molecule has 0 radical (unpaired) electrons. The van der Waals surface area contributed by atoms with Crippen LogP contribution in [0.25, 0.3) is 0 Å². The highest BCUT2D eigenvalue weighted by atomic mass is 16.1. The second-order valence-corrected chi connectivity index (χ2v) is 5.28. The molecule has 3 fully saturated rings. The second kappa shape index (κ2) is 2.45. The van der Waals surface area contributed by atoms with E-state index >= 15 is 0 Å². The van der Waals surface area contributed by atoms with Crippen molar-refractivity contribution in [1.29, 1.82) is 0 Å². The topological polar surface area (TPSA) is 29.4 Å². The highest BCUT2D eigenvalue weighted by Gasteiger charge is 2.64. The Morgan fingerprint density at radius 3 is 2.62 bits per heavy atom. The van der Waals surface area contributed by atoms with E-state index in [0.29, 0.717) is 0 Å². The zero-order chi connectivity index (χ0) is 9.69. The fraction of sp³-hybridized carbons (Fsp3) is 0.909. The predicted molar refractivity (Wildman–Crippen MR) is 51.1 cm³/mol. The van der Waals surface area contributed by atoms with E-state index in [1.54, 1.807) is 6.08 Å². The largest absolute Gasteiger partial charge is 0.235 e. The molecule has 72 valence electrons. The summed E-state index contributed by atoms with van der Waals surface area (Å²) in [4.78, 5) is 14.4. The summed E-state index contributed by atoms with van der Waals surface area (Å²) in [5, 5.41) is 0. The van der Waals surface area contributed by atoms with Crippen LogP contribution in [0, 0.1) is 17.3 Å². The van der Waals surface area contributed by atoms with E-state index in [1.165, 1.54) is 6.42 Å². The number of fused-ring (bicyclic) bond motifs is 2. The molecule has 0 amide bonds. The summed E-state index contributed by atoms with van der Waals surface area (Å²) in [5.74, 6) is 1.57. The number of carbonyl (C=O) groups excluding carboxylic acids is 1. The van der Waals surface area contributed by atoms with Gasteiger partial charge in [0.25, 0.3) is 0 Å². The molecule has 3 atom stereocenters. The van der Waals surface area contributed by atoms with Crippen molar-refractivity contribution in [3.05, 3.63) is 0 Å². The molecule has 3 rings (SSSR count). The standard InChI is InChI=1S/C11H17NO/c1-8-4-5-11(12-7-13)6-9(8)10(11,2)3/h8-9H,4-6H2,1-3H3/t8-,9-,11+/m0/s1. The van der Waals surface area contributed by atoms with Gasteiger partial charge in [0.1, 0.15) is 0 Å². The zero-order valence-corrected chi connectivity index (χ0v) is 8.63. The molecule has 2 bridgehead atoms. The lowest BCUT2D eigenvalue weighted by Crippen LogP contribution is -2.64. The summed E-state index contributed by atoms with van der Waals surface area (Å²) in [7, 11) is 0. The minimum Gasteiger partial charge on any atom is -0.211 e. The lowest BCUT2D eigenvalue weighted by molar-refractivity contribution is -0.119. The Balaban J connectivity index is 2.31. The number of aliphatic imine (C=N–C) groups is 1. The zero-order valence-electron chi connectivity index (χ0n) is 8.63. The molecule has 2 heteroatoms. The summed E-state index contributed by atoms with van der Waals surface area (Å²) in [5.41, 5.74) is 0.175. The van der Waals surface area contributed by atoms with Gasteiger partial charge >= 0.3 is 0 Å². The molecular formula is C11H17NO. The first kappa shape index (κ1) is 8.96. The molecule has 3 aliphatic carbocycles. The van der Waals surface area contributed by atoms with Crippen molar-refractivity contribution in [2.75, 3.05) is 0 Å². The maximum Gasteiger partial charge on any atom is 0.235 e. The molecule has 3 aliphatic rings. The fourth-order valence-corrected chi connectivity index (χ4v) is 3.43. The molecule has 0 heterocycles. The Labute approximate surface area is 79.4 Å². The Morgan fingerprint density at radius 1 is 1.46 bits per heavy atom.